The number of carbonyl (C=O) groups excluding carboxylic acids is 1. The van der Waals surface area contributed by atoms with Gasteiger partial charge in [-0.15, -0.1) is 0 Å². The molecule has 9 heteroatoms. The van der Waals surface area contributed by atoms with Crippen LogP contribution in [0.3, 0.4) is 0 Å². The zero-order valence-corrected chi connectivity index (χ0v) is 14.8. The molecule has 3 rings (SSSR count). The first kappa shape index (κ1) is 20.0. The van der Waals surface area contributed by atoms with E-state index in [0.717, 1.165) is 0 Å². The van der Waals surface area contributed by atoms with E-state index in [2.05, 4.69) is 5.10 Å². The first-order chi connectivity index (χ1) is 13.4. The van der Waals surface area contributed by atoms with Crippen molar-refractivity contribution in [2.45, 2.75) is 6.04 Å². The molecule has 1 aromatic heterocycles. The lowest BCUT2D eigenvalue weighted by Crippen LogP contribution is -2.28. The maximum Gasteiger partial charge on any atom is 0.193 e. The normalized spacial score (nSPS) is 10.7. The zero-order chi connectivity index (χ0) is 20.7. The van der Waals surface area contributed by atoms with Gasteiger partial charge in [-0.25, -0.2) is 4.68 Å². The van der Waals surface area contributed by atoms with Crippen molar-refractivity contribution in [3.8, 4) is 17.8 Å². The van der Waals surface area contributed by atoms with Crippen LogP contribution in [-0.2, 0) is 0 Å². The van der Waals surface area contributed by atoms with Crippen LogP contribution in [0.25, 0.3) is 5.69 Å². The van der Waals surface area contributed by atoms with Crippen molar-refractivity contribution in [1.82, 2.24) is 9.78 Å². The molecule has 0 bridgehead atoms. The maximum atomic E-state index is 11.2. The van der Waals surface area contributed by atoms with Gasteiger partial charge in [0, 0.05) is 11.3 Å². The summed E-state index contributed by atoms with van der Waals surface area (Å²) in [6.07, 6.45) is 1.39. The second kappa shape index (κ2) is 8.85. The van der Waals surface area contributed by atoms with E-state index in [-0.39, 0.29) is 11.6 Å². The average Bonchev–Trinajstić information content (AvgIpc) is 3.10. The van der Waals surface area contributed by atoms with Crippen LogP contribution in [0, 0.1) is 22.7 Å². The second-order valence-electron chi connectivity index (χ2n) is 5.62. The van der Waals surface area contributed by atoms with Gasteiger partial charge in [0.15, 0.2) is 11.8 Å². The number of aromatic nitrogens is 2. The highest BCUT2D eigenvalue weighted by Crippen LogP contribution is 2.23. The van der Waals surface area contributed by atoms with Crippen molar-refractivity contribution >= 4 is 23.0 Å². The predicted octanol–water partition coefficient (Wildman–Crippen LogP) is 1.21. The molecule has 0 aliphatic carbocycles. The second-order valence-corrected chi connectivity index (χ2v) is 5.62. The number of hydrogen-bond acceptors (Lipinski definition) is 8. The van der Waals surface area contributed by atoms with Gasteiger partial charge in [0.1, 0.15) is 17.5 Å². The van der Waals surface area contributed by atoms with E-state index < -0.39 is 6.04 Å². The lowest BCUT2D eigenvalue weighted by Gasteiger charge is -2.08. The smallest absolute Gasteiger partial charge is 0.193 e. The van der Waals surface area contributed by atoms with Crippen LogP contribution in [0.1, 0.15) is 15.9 Å². The molecule has 0 aliphatic rings. The molecule has 9 nitrogen and oxygen atoms in total. The first-order valence-corrected chi connectivity index (χ1v) is 8.02. The molecule has 0 saturated heterocycles. The van der Waals surface area contributed by atoms with E-state index in [1.807, 2.05) is 6.07 Å². The molecule has 1 atom stereocenters. The van der Waals surface area contributed by atoms with E-state index in [9.17, 15) is 4.79 Å². The number of nitrogens with two attached hydrogens (primary N) is 4. The van der Waals surface area contributed by atoms with Gasteiger partial charge in [0.05, 0.1) is 23.6 Å². The van der Waals surface area contributed by atoms with Crippen molar-refractivity contribution in [2.75, 3.05) is 17.2 Å². The number of rotatable bonds is 3. The molecular weight excluding hydrogens is 356 g/mol. The summed E-state index contributed by atoms with van der Waals surface area (Å²) in [5, 5.41) is 21.1. The molecule has 1 unspecified atom stereocenters. The third-order valence-corrected chi connectivity index (χ3v) is 3.69. The molecular formula is C19H18N8O. The van der Waals surface area contributed by atoms with Gasteiger partial charge in [0.25, 0.3) is 0 Å². The number of nitrogen functional groups attached to an aromatic ring is 3. The minimum atomic E-state index is -1.05. The highest BCUT2D eigenvalue weighted by molar-refractivity contribution is 6.01. The van der Waals surface area contributed by atoms with E-state index in [0.29, 0.717) is 28.2 Å². The largest absolute Gasteiger partial charge is 0.399 e. The summed E-state index contributed by atoms with van der Waals surface area (Å²) in [5.41, 5.74) is 24.8. The summed E-state index contributed by atoms with van der Waals surface area (Å²) < 4.78 is 1.39. The van der Waals surface area contributed by atoms with Crippen molar-refractivity contribution in [2.24, 2.45) is 5.73 Å². The van der Waals surface area contributed by atoms with E-state index in [1.165, 1.54) is 10.9 Å². The number of benzene rings is 2. The van der Waals surface area contributed by atoms with Gasteiger partial charge in [-0.2, -0.15) is 15.6 Å². The zero-order valence-electron chi connectivity index (χ0n) is 14.8. The standard InChI is InChI=1S/C10H10N6.C9H8N2O/c11-4-6-5-15-16(10(6)14)9-3-7(12)1-2-8(9)13;10-6-8(11)9(12)7-4-2-1-3-5-7/h1-3,5H,12-14H2;1-5,8H,11H2. The van der Waals surface area contributed by atoms with Gasteiger partial charge < -0.3 is 22.9 Å². The molecule has 0 amide bonds. The molecule has 2 aromatic carbocycles. The van der Waals surface area contributed by atoms with Gasteiger partial charge in [0.2, 0.25) is 0 Å². The Bertz CT molecular complexity index is 1060. The third kappa shape index (κ3) is 4.43. The molecule has 0 fully saturated rings. The number of carbonyl (C=O) groups is 1. The Morgan fingerprint density at radius 2 is 1.75 bits per heavy atom. The molecule has 0 spiro atoms. The van der Waals surface area contributed by atoms with Crippen molar-refractivity contribution in [3.63, 3.8) is 0 Å². The fraction of sp³-hybridized carbons (Fsp3) is 0.0526. The highest BCUT2D eigenvalue weighted by Gasteiger charge is 2.13. The van der Waals surface area contributed by atoms with Crippen LogP contribution < -0.4 is 22.9 Å². The van der Waals surface area contributed by atoms with Crippen LogP contribution in [-0.4, -0.2) is 21.6 Å². The van der Waals surface area contributed by atoms with Crippen molar-refractivity contribution in [1.29, 1.82) is 10.5 Å². The molecule has 1 heterocycles. The summed E-state index contributed by atoms with van der Waals surface area (Å²) in [5.74, 6) is -0.0853. The van der Waals surface area contributed by atoms with Crippen LogP contribution in [0.15, 0.2) is 54.7 Å². The molecule has 8 N–H and O–H groups in total. The average molecular weight is 374 g/mol. The summed E-state index contributed by atoms with van der Waals surface area (Å²) in [6.45, 7) is 0. The summed E-state index contributed by atoms with van der Waals surface area (Å²) in [6, 6.07) is 16.1. The van der Waals surface area contributed by atoms with Crippen LogP contribution in [0.4, 0.5) is 17.2 Å². The minimum absolute atomic E-state index is 0.250. The van der Waals surface area contributed by atoms with E-state index >= 15 is 0 Å². The Hall–Kier alpha value is -4.34. The summed E-state index contributed by atoms with van der Waals surface area (Å²) in [7, 11) is 0. The molecule has 28 heavy (non-hydrogen) atoms. The van der Waals surface area contributed by atoms with Gasteiger partial charge >= 0.3 is 0 Å². The van der Waals surface area contributed by atoms with Crippen LogP contribution in [0.5, 0.6) is 0 Å². The minimum Gasteiger partial charge on any atom is -0.399 e. The van der Waals surface area contributed by atoms with Crippen LogP contribution >= 0.6 is 0 Å². The predicted molar refractivity (Wildman–Crippen MR) is 106 cm³/mol. The Morgan fingerprint density at radius 3 is 2.32 bits per heavy atom. The maximum absolute atomic E-state index is 11.2. The first-order valence-electron chi connectivity index (χ1n) is 8.02. The molecule has 0 radical (unpaired) electrons. The summed E-state index contributed by atoms with van der Waals surface area (Å²) in [4.78, 5) is 11.2. The molecule has 140 valence electrons. The third-order valence-electron chi connectivity index (χ3n) is 3.69. The highest BCUT2D eigenvalue weighted by atomic mass is 16.1. The van der Waals surface area contributed by atoms with Gasteiger partial charge in [-0.3, -0.25) is 4.79 Å². The lowest BCUT2D eigenvalue weighted by atomic mass is 10.1. The Morgan fingerprint density at radius 1 is 1.07 bits per heavy atom. The molecule has 0 saturated carbocycles. The fourth-order valence-corrected chi connectivity index (χ4v) is 2.22. The number of ketones is 1. The monoisotopic (exact) mass is 374 g/mol. The number of nitriles is 2. The number of nitrogens with zero attached hydrogens (tertiary/aromatic N) is 4. The van der Waals surface area contributed by atoms with E-state index in [4.69, 9.17) is 33.5 Å². The number of Topliss-reactive ketones (excluding diaryl/α,β-unsaturated/α-hetero) is 1. The van der Waals surface area contributed by atoms with Crippen molar-refractivity contribution < 1.29 is 4.79 Å². The quantitative estimate of drug-likeness (QED) is 0.389. The van der Waals surface area contributed by atoms with Gasteiger partial charge in [-0.1, -0.05) is 30.3 Å². The van der Waals surface area contributed by atoms with Gasteiger partial charge in [-0.05, 0) is 18.2 Å². The van der Waals surface area contributed by atoms with Crippen molar-refractivity contribution in [3.05, 3.63) is 65.9 Å². The summed E-state index contributed by atoms with van der Waals surface area (Å²) >= 11 is 0. The van der Waals surface area contributed by atoms with E-state index in [1.54, 1.807) is 54.6 Å². The molecule has 3 aromatic rings. The lowest BCUT2D eigenvalue weighted by molar-refractivity contribution is 0.0980. The Labute approximate surface area is 161 Å². The molecule has 0 aliphatic heterocycles. The topological polar surface area (TPSA) is 187 Å². The SMILES string of the molecule is N#CC(N)C(=O)c1ccccc1.N#Cc1cnn(-c2cc(N)ccc2N)c1N. The fourth-order valence-electron chi connectivity index (χ4n) is 2.22. The Kier molecular flexibility index (Phi) is 6.31. The Balaban J connectivity index is 0.000000209. The van der Waals surface area contributed by atoms with Crippen LogP contribution in [0.2, 0.25) is 0 Å². The number of hydrogen-bond donors (Lipinski definition) is 4. The number of anilines is 3.